The van der Waals surface area contributed by atoms with Crippen molar-refractivity contribution in [1.29, 1.82) is 0 Å². The number of ketones is 1. The molecule has 4 rings (SSSR count). The van der Waals surface area contributed by atoms with Crippen molar-refractivity contribution < 1.29 is 24.6 Å². The normalized spacial score (nSPS) is 13.2. The Labute approximate surface area is 141 Å². The zero-order valence-electron chi connectivity index (χ0n) is 12.9. The Morgan fingerprint density at radius 2 is 1.60 bits per heavy atom. The van der Waals surface area contributed by atoms with Crippen molar-refractivity contribution in [2.75, 3.05) is 0 Å². The van der Waals surface area contributed by atoms with E-state index in [9.17, 15) is 24.6 Å². The number of Topliss-reactive ketones (excluding diaryl/α,β-unsaturated/α-hetero) is 1. The molecule has 5 heteroatoms. The Kier molecular flexibility index (Phi) is 3.18. The first-order chi connectivity index (χ1) is 12.0. The smallest absolute Gasteiger partial charge is 0.337 e. The van der Waals surface area contributed by atoms with Gasteiger partial charge < -0.3 is 10.2 Å². The molecule has 2 N–H and O–H groups in total. The third-order valence-electron chi connectivity index (χ3n) is 4.49. The molecule has 122 valence electrons. The van der Waals surface area contributed by atoms with E-state index in [1.807, 2.05) is 18.2 Å². The van der Waals surface area contributed by atoms with Crippen molar-refractivity contribution in [3.05, 3.63) is 58.0 Å². The number of rotatable bonds is 2. The predicted molar refractivity (Wildman–Crippen MR) is 93.2 cm³/mol. The highest BCUT2D eigenvalue weighted by Crippen LogP contribution is 2.29. The van der Waals surface area contributed by atoms with E-state index in [0.29, 0.717) is 22.6 Å². The maximum Gasteiger partial charge on any atom is 0.337 e. The number of hydrogen-bond acceptors (Lipinski definition) is 3. The summed E-state index contributed by atoms with van der Waals surface area (Å²) in [5.41, 5.74) is -0.456. The fourth-order valence-electron chi connectivity index (χ4n) is 3.38. The van der Waals surface area contributed by atoms with Crippen LogP contribution in [0.4, 0.5) is 0 Å². The van der Waals surface area contributed by atoms with Gasteiger partial charge in [-0.2, -0.15) is 0 Å². The Morgan fingerprint density at radius 3 is 2.32 bits per heavy atom. The second kappa shape index (κ2) is 5.27. The van der Waals surface area contributed by atoms with Crippen LogP contribution in [0.3, 0.4) is 0 Å². The fraction of sp³-hybridized carbons (Fsp3) is 0.0500. The number of benzene rings is 3. The second-order valence-corrected chi connectivity index (χ2v) is 5.98. The molecule has 25 heavy (non-hydrogen) atoms. The number of aromatic carboxylic acids is 2. The topological polar surface area (TPSA) is 91.7 Å². The number of carbonyl (C=O) groups is 3. The minimum atomic E-state index is -1.28. The van der Waals surface area contributed by atoms with Crippen LogP contribution >= 0.6 is 0 Å². The summed E-state index contributed by atoms with van der Waals surface area (Å²) in [6.45, 7) is 0. The van der Waals surface area contributed by atoms with Crippen LogP contribution < -0.4 is 10.4 Å². The third kappa shape index (κ3) is 2.29. The van der Waals surface area contributed by atoms with Gasteiger partial charge in [-0.25, -0.2) is 9.59 Å². The first kappa shape index (κ1) is 15.1. The van der Waals surface area contributed by atoms with Gasteiger partial charge in [0, 0.05) is 11.8 Å². The van der Waals surface area contributed by atoms with Crippen LogP contribution in [-0.4, -0.2) is 27.9 Å². The molecule has 0 bridgehead atoms. The number of fused-ring (bicyclic) bond motifs is 4. The number of carboxylic acids is 2. The quantitative estimate of drug-likeness (QED) is 0.700. The van der Waals surface area contributed by atoms with E-state index in [1.165, 1.54) is 6.07 Å². The molecule has 0 fully saturated rings. The van der Waals surface area contributed by atoms with Crippen molar-refractivity contribution in [2.45, 2.75) is 6.42 Å². The van der Waals surface area contributed by atoms with E-state index in [-0.39, 0.29) is 16.9 Å². The molecule has 0 saturated carbocycles. The summed E-state index contributed by atoms with van der Waals surface area (Å²) in [6.07, 6.45) is 3.68. The third-order valence-corrected chi connectivity index (χ3v) is 4.49. The van der Waals surface area contributed by atoms with E-state index < -0.39 is 11.9 Å². The molecule has 0 radical (unpaired) electrons. The molecule has 1 aliphatic carbocycles. The highest BCUT2D eigenvalue weighted by molar-refractivity contribution is 6.20. The molecule has 0 atom stereocenters. The summed E-state index contributed by atoms with van der Waals surface area (Å²) in [4.78, 5) is 34.9. The molecule has 0 aliphatic heterocycles. The summed E-state index contributed by atoms with van der Waals surface area (Å²) >= 11 is 0. The summed E-state index contributed by atoms with van der Waals surface area (Å²) in [6, 6.07) is 10.2. The molecule has 0 heterocycles. The van der Waals surface area contributed by atoms with Crippen LogP contribution in [0, 0.1) is 0 Å². The molecule has 0 saturated heterocycles. The van der Waals surface area contributed by atoms with Crippen molar-refractivity contribution in [1.82, 2.24) is 0 Å². The van der Waals surface area contributed by atoms with Crippen LogP contribution in [-0.2, 0) is 4.79 Å². The van der Waals surface area contributed by atoms with Crippen LogP contribution in [0.25, 0.3) is 33.7 Å². The number of carboxylic acid groups (broad SMARTS) is 2. The lowest BCUT2D eigenvalue weighted by Gasteiger charge is -2.11. The van der Waals surface area contributed by atoms with Gasteiger partial charge in [0.05, 0.1) is 11.1 Å². The Morgan fingerprint density at radius 1 is 0.880 bits per heavy atom. The zero-order chi connectivity index (χ0) is 17.7. The van der Waals surface area contributed by atoms with E-state index in [4.69, 9.17) is 0 Å². The van der Waals surface area contributed by atoms with Crippen molar-refractivity contribution in [2.24, 2.45) is 0 Å². The van der Waals surface area contributed by atoms with Crippen LogP contribution in [0.1, 0.15) is 27.1 Å². The highest BCUT2D eigenvalue weighted by Gasteiger charge is 2.21. The van der Waals surface area contributed by atoms with Gasteiger partial charge in [-0.1, -0.05) is 24.3 Å². The first-order valence-electron chi connectivity index (χ1n) is 7.66. The molecular weight excluding hydrogens is 320 g/mol. The molecule has 3 aromatic carbocycles. The molecule has 0 unspecified atom stereocenters. The van der Waals surface area contributed by atoms with Gasteiger partial charge in [-0.15, -0.1) is 0 Å². The van der Waals surface area contributed by atoms with Crippen LogP contribution in [0.15, 0.2) is 36.4 Å². The van der Waals surface area contributed by atoms with Gasteiger partial charge in [0.1, 0.15) is 0 Å². The lowest BCUT2D eigenvalue weighted by atomic mass is 9.92. The van der Waals surface area contributed by atoms with E-state index in [2.05, 4.69) is 0 Å². The SMILES string of the molecule is O=C1C=c2cc3ccc4ccc(C(=O)O)c(C(=O)O)c4c3cc2=CC1. The largest absolute Gasteiger partial charge is 0.478 e. The number of carbonyl (C=O) groups excluding carboxylic acids is 1. The van der Waals surface area contributed by atoms with Crippen molar-refractivity contribution >= 4 is 51.4 Å². The summed E-state index contributed by atoms with van der Waals surface area (Å²) in [5.74, 6) is -2.54. The lowest BCUT2D eigenvalue weighted by Crippen LogP contribution is -2.28. The van der Waals surface area contributed by atoms with Gasteiger partial charge in [0.2, 0.25) is 0 Å². The average molecular weight is 332 g/mol. The molecule has 5 nitrogen and oxygen atoms in total. The second-order valence-electron chi connectivity index (χ2n) is 5.98. The van der Waals surface area contributed by atoms with Crippen molar-refractivity contribution in [3.63, 3.8) is 0 Å². The van der Waals surface area contributed by atoms with Crippen LogP contribution in [0.5, 0.6) is 0 Å². The molecule has 3 aromatic rings. The zero-order valence-corrected chi connectivity index (χ0v) is 12.9. The maximum absolute atomic E-state index is 11.8. The fourth-order valence-corrected chi connectivity index (χ4v) is 3.38. The Bertz CT molecular complexity index is 1230. The van der Waals surface area contributed by atoms with E-state index in [0.717, 1.165) is 15.8 Å². The molecular formula is C20H12O5. The molecule has 0 aromatic heterocycles. The average Bonchev–Trinajstić information content (AvgIpc) is 2.58. The monoisotopic (exact) mass is 332 g/mol. The predicted octanol–water partition coefficient (Wildman–Crippen LogP) is 1.92. The van der Waals surface area contributed by atoms with Gasteiger partial charge in [-0.3, -0.25) is 4.79 Å². The van der Waals surface area contributed by atoms with Crippen LogP contribution in [0.2, 0.25) is 0 Å². The standard InChI is InChI=1S/C20H12O5/c21-14-5-3-11-9-16-12(7-13(11)8-14)2-1-10-4-6-15(19(22)23)18(17(10)16)20(24)25/h1-4,6-9H,5H2,(H,22,23)(H,24,25). The minimum absolute atomic E-state index is 0.0204. The maximum atomic E-state index is 11.8. The summed E-state index contributed by atoms with van der Waals surface area (Å²) in [5, 5.41) is 23.1. The minimum Gasteiger partial charge on any atom is -0.478 e. The molecule has 0 amide bonds. The number of hydrogen-bond donors (Lipinski definition) is 2. The summed E-state index contributed by atoms with van der Waals surface area (Å²) < 4.78 is 0. The van der Waals surface area contributed by atoms with Gasteiger partial charge in [0.25, 0.3) is 0 Å². The van der Waals surface area contributed by atoms with E-state index in [1.54, 1.807) is 24.3 Å². The first-order valence-corrected chi connectivity index (χ1v) is 7.66. The lowest BCUT2D eigenvalue weighted by molar-refractivity contribution is -0.112. The van der Waals surface area contributed by atoms with Crippen molar-refractivity contribution in [3.8, 4) is 0 Å². The van der Waals surface area contributed by atoms with Gasteiger partial charge in [0.15, 0.2) is 5.78 Å². The summed E-state index contributed by atoms with van der Waals surface area (Å²) in [7, 11) is 0. The van der Waals surface area contributed by atoms with Gasteiger partial charge >= 0.3 is 11.9 Å². The Hall–Kier alpha value is -3.47. The molecule has 0 spiro atoms. The highest BCUT2D eigenvalue weighted by atomic mass is 16.4. The molecule has 1 aliphatic rings. The van der Waals surface area contributed by atoms with E-state index >= 15 is 0 Å². The Balaban J connectivity index is 2.25. The van der Waals surface area contributed by atoms with Gasteiger partial charge in [-0.05, 0) is 50.9 Å².